The monoisotopic (exact) mass is 219 g/mol. The summed E-state index contributed by atoms with van der Waals surface area (Å²) in [6.07, 6.45) is 4.99. The van der Waals surface area contributed by atoms with Crippen molar-refractivity contribution in [3.05, 3.63) is 30.1 Å². The zero-order valence-corrected chi connectivity index (χ0v) is 10.2. The van der Waals surface area contributed by atoms with E-state index in [4.69, 9.17) is 5.73 Å². The number of aromatic nitrogens is 1. The lowest BCUT2D eigenvalue weighted by Crippen LogP contribution is -2.32. The van der Waals surface area contributed by atoms with Crippen molar-refractivity contribution < 1.29 is 0 Å². The minimum absolute atomic E-state index is 0.302. The van der Waals surface area contributed by atoms with Crippen molar-refractivity contribution in [2.75, 3.05) is 19.6 Å². The molecule has 2 unspecified atom stereocenters. The second-order valence-electron chi connectivity index (χ2n) is 5.20. The Bertz CT molecular complexity index is 338. The van der Waals surface area contributed by atoms with Crippen molar-refractivity contribution in [3.63, 3.8) is 0 Å². The molecule has 1 fully saturated rings. The van der Waals surface area contributed by atoms with Crippen LogP contribution in [0.1, 0.15) is 31.9 Å². The van der Waals surface area contributed by atoms with Crippen molar-refractivity contribution in [2.24, 2.45) is 11.1 Å². The van der Waals surface area contributed by atoms with Crippen LogP contribution in [0.25, 0.3) is 0 Å². The number of nitrogens with zero attached hydrogens (tertiary/aromatic N) is 2. The smallest absolute Gasteiger partial charge is 0.0335 e. The van der Waals surface area contributed by atoms with E-state index in [2.05, 4.69) is 29.8 Å². The molecule has 1 aromatic rings. The van der Waals surface area contributed by atoms with E-state index in [0.29, 0.717) is 11.5 Å². The fourth-order valence-electron chi connectivity index (χ4n) is 2.39. The van der Waals surface area contributed by atoms with Gasteiger partial charge in [0, 0.05) is 25.0 Å². The molecule has 2 rings (SSSR count). The van der Waals surface area contributed by atoms with Gasteiger partial charge in [-0.05, 0) is 43.5 Å². The topological polar surface area (TPSA) is 42.2 Å². The third kappa shape index (κ3) is 2.25. The van der Waals surface area contributed by atoms with Gasteiger partial charge in [-0.15, -0.1) is 0 Å². The van der Waals surface area contributed by atoms with E-state index in [1.54, 1.807) is 0 Å². The fraction of sp³-hybridized carbons (Fsp3) is 0.615. The highest BCUT2D eigenvalue weighted by atomic mass is 15.2. The van der Waals surface area contributed by atoms with Crippen molar-refractivity contribution in [3.8, 4) is 0 Å². The lowest BCUT2D eigenvalue weighted by atomic mass is 9.90. The van der Waals surface area contributed by atoms with Gasteiger partial charge in [-0.3, -0.25) is 9.88 Å². The zero-order valence-electron chi connectivity index (χ0n) is 10.2. The van der Waals surface area contributed by atoms with Crippen molar-refractivity contribution in [1.82, 2.24) is 9.88 Å². The summed E-state index contributed by atoms with van der Waals surface area (Å²) in [6, 6.07) is 4.60. The fourth-order valence-corrected chi connectivity index (χ4v) is 2.39. The highest BCUT2D eigenvalue weighted by Crippen LogP contribution is 2.33. The van der Waals surface area contributed by atoms with Crippen LogP contribution in [0.5, 0.6) is 0 Å². The second-order valence-corrected chi connectivity index (χ2v) is 5.20. The molecule has 88 valence electrons. The second kappa shape index (κ2) is 4.52. The van der Waals surface area contributed by atoms with E-state index < -0.39 is 0 Å². The number of pyridine rings is 1. The number of nitrogens with two attached hydrogens (primary N) is 1. The van der Waals surface area contributed by atoms with Crippen LogP contribution >= 0.6 is 0 Å². The van der Waals surface area contributed by atoms with E-state index in [1.165, 1.54) is 12.0 Å². The predicted molar refractivity (Wildman–Crippen MR) is 66.0 cm³/mol. The van der Waals surface area contributed by atoms with Gasteiger partial charge in [0.15, 0.2) is 0 Å². The first kappa shape index (κ1) is 11.6. The van der Waals surface area contributed by atoms with Gasteiger partial charge in [0.1, 0.15) is 0 Å². The zero-order chi connectivity index (χ0) is 11.6. The average molecular weight is 219 g/mol. The quantitative estimate of drug-likeness (QED) is 0.843. The average Bonchev–Trinajstić information content (AvgIpc) is 2.73. The van der Waals surface area contributed by atoms with Crippen LogP contribution < -0.4 is 5.73 Å². The summed E-state index contributed by atoms with van der Waals surface area (Å²) in [4.78, 5) is 6.69. The largest absolute Gasteiger partial charge is 0.330 e. The maximum absolute atomic E-state index is 5.83. The number of hydrogen-bond donors (Lipinski definition) is 1. The van der Waals surface area contributed by atoms with Gasteiger partial charge in [0.05, 0.1) is 0 Å². The van der Waals surface area contributed by atoms with E-state index in [1.807, 2.05) is 18.5 Å². The first-order valence-corrected chi connectivity index (χ1v) is 5.99. The lowest BCUT2D eigenvalue weighted by Gasteiger charge is -2.27. The summed E-state index contributed by atoms with van der Waals surface area (Å²) in [6.45, 7) is 7.55. The molecule has 1 saturated heterocycles. The van der Waals surface area contributed by atoms with Crippen molar-refractivity contribution in [2.45, 2.75) is 26.3 Å². The SMILES string of the molecule is CC(c1cccnc1)N1CCC(C)(CN)C1. The highest BCUT2D eigenvalue weighted by molar-refractivity contribution is 5.13. The summed E-state index contributed by atoms with van der Waals surface area (Å²) in [5, 5.41) is 0. The van der Waals surface area contributed by atoms with Crippen LogP contribution in [0.3, 0.4) is 0 Å². The van der Waals surface area contributed by atoms with E-state index in [9.17, 15) is 0 Å². The van der Waals surface area contributed by atoms with Crippen molar-refractivity contribution >= 4 is 0 Å². The van der Waals surface area contributed by atoms with E-state index >= 15 is 0 Å². The lowest BCUT2D eigenvalue weighted by molar-refractivity contribution is 0.227. The summed E-state index contributed by atoms with van der Waals surface area (Å²) in [5.41, 5.74) is 7.43. The molecule has 1 aliphatic rings. The van der Waals surface area contributed by atoms with Crippen LogP contribution in [-0.2, 0) is 0 Å². The van der Waals surface area contributed by atoms with Gasteiger partial charge in [0.2, 0.25) is 0 Å². The van der Waals surface area contributed by atoms with Crippen molar-refractivity contribution in [1.29, 1.82) is 0 Å². The summed E-state index contributed by atoms with van der Waals surface area (Å²) in [5.74, 6) is 0. The Kier molecular flexibility index (Phi) is 3.26. The molecule has 16 heavy (non-hydrogen) atoms. The molecule has 0 bridgehead atoms. The Morgan fingerprint density at radius 2 is 2.44 bits per heavy atom. The first-order chi connectivity index (χ1) is 7.64. The molecule has 0 spiro atoms. The number of rotatable bonds is 3. The molecule has 0 saturated carbocycles. The summed E-state index contributed by atoms with van der Waals surface area (Å²) < 4.78 is 0. The maximum Gasteiger partial charge on any atom is 0.0335 e. The third-order valence-electron chi connectivity index (χ3n) is 3.79. The molecule has 3 heteroatoms. The normalized spacial score (nSPS) is 28.2. The molecular weight excluding hydrogens is 198 g/mol. The Morgan fingerprint density at radius 1 is 1.62 bits per heavy atom. The molecule has 3 nitrogen and oxygen atoms in total. The van der Waals surface area contributed by atoms with Gasteiger partial charge in [-0.25, -0.2) is 0 Å². The molecule has 0 amide bonds. The molecule has 0 aromatic carbocycles. The Balaban J connectivity index is 2.05. The highest BCUT2D eigenvalue weighted by Gasteiger charge is 2.34. The molecule has 0 radical (unpaired) electrons. The molecule has 0 aliphatic carbocycles. The Labute approximate surface area is 97.7 Å². The number of hydrogen-bond acceptors (Lipinski definition) is 3. The van der Waals surface area contributed by atoms with Gasteiger partial charge in [-0.2, -0.15) is 0 Å². The maximum atomic E-state index is 5.83. The number of likely N-dealkylation sites (tertiary alicyclic amines) is 1. The van der Waals surface area contributed by atoms with Gasteiger partial charge in [0.25, 0.3) is 0 Å². The van der Waals surface area contributed by atoms with Gasteiger partial charge in [-0.1, -0.05) is 13.0 Å². The van der Waals surface area contributed by atoms with E-state index in [0.717, 1.165) is 19.6 Å². The first-order valence-electron chi connectivity index (χ1n) is 5.99. The molecule has 2 N–H and O–H groups in total. The van der Waals surface area contributed by atoms with Crippen LogP contribution in [0, 0.1) is 5.41 Å². The summed E-state index contributed by atoms with van der Waals surface area (Å²) in [7, 11) is 0. The predicted octanol–water partition coefficient (Wildman–Crippen LogP) is 1.81. The molecule has 1 aliphatic heterocycles. The van der Waals surface area contributed by atoms with E-state index in [-0.39, 0.29) is 0 Å². The van der Waals surface area contributed by atoms with Gasteiger partial charge >= 0.3 is 0 Å². The van der Waals surface area contributed by atoms with Crippen LogP contribution in [0.15, 0.2) is 24.5 Å². The minimum Gasteiger partial charge on any atom is -0.330 e. The Hall–Kier alpha value is -0.930. The molecule has 1 aromatic heterocycles. The summed E-state index contributed by atoms with van der Waals surface area (Å²) >= 11 is 0. The minimum atomic E-state index is 0.302. The molecule has 2 atom stereocenters. The van der Waals surface area contributed by atoms with Crippen LogP contribution in [0.4, 0.5) is 0 Å². The standard InChI is InChI=1S/C13H21N3/c1-11(12-4-3-6-15-8-12)16-7-5-13(2,9-14)10-16/h3-4,6,8,11H,5,7,9-10,14H2,1-2H3. The third-order valence-corrected chi connectivity index (χ3v) is 3.79. The van der Waals surface area contributed by atoms with Gasteiger partial charge < -0.3 is 5.73 Å². The molecular formula is C13H21N3. The van der Waals surface area contributed by atoms with Crippen LogP contribution in [0.2, 0.25) is 0 Å². The Morgan fingerprint density at radius 3 is 3.00 bits per heavy atom. The van der Waals surface area contributed by atoms with Crippen LogP contribution in [-0.4, -0.2) is 29.5 Å². The molecule has 2 heterocycles.